The highest BCUT2D eigenvalue weighted by Gasteiger charge is 2.22. The monoisotopic (exact) mass is 379 g/mol. The van der Waals surface area contributed by atoms with E-state index in [0.29, 0.717) is 12.3 Å². The smallest absolute Gasteiger partial charge is 0.226 e. The Hall–Kier alpha value is -1.43. The lowest BCUT2D eigenvalue weighted by molar-refractivity contribution is -0.121. The van der Waals surface area contributed by atoms with Crippen molar-refractivity contribution in [1.82, 2.24) is 15.6 Å². The fourth-order valence-electron chi connectivity index (χ4n) is 3.01. The van der Waals surface area contributed by atoms with Crippen LogP contribution in [0, 0.1) is 5.92 Å². The highest BCUT2D eigenvalue weighted by molar-refractivity contribution is 7.13. The molecule has 2 atom stereocenters. The molecule has 0 bridgehead atoms. The van der Waals surface area contributed by atoms with Crippen molar-refractivity contribution in [2.45, 2.75) is 39.2 Å². The molecule has 1 saturated heterocycles. The summed E-state index contributed by atoms with van der Waals surface area (Å²) >= 11 is 1.60. The maximum absolute atomic E-state index is 12.3. The molecule has 1 aliphatic rings. The van der Waals surface area contributed by atoms with Gasteiger partial charge in [-0.05, 0) is 30.9 Å². The molecule has 2 unspecified atom stereocenters. The van der Waals surface area contributed by atoms with Crippen LogP contribution in [0.1, 0.15) is 31.5 Å². The number of hydrogen-bond acceptors (Lipinski definition) is 4. The number of nitrogens with one attached hydrogen (secondary N) is 2. The van der Waals surface area contributed by atoms with Crippen LogP contribution in [0.4, 0.5) is 0 Å². The first-order chi connectivity index (χ1) is 11.7. The minimum Gasteiger partial charge on any atom is -0.351 e. The Bertz CT molecular complexity index is 686. The number of aromatic nitrogens is 1. The van der Waals surface area contributed by atoms with Gasteiger partial charge in [0.2, 0.25) is 5.91 Å². The summed E-state index contributed by atoms with van der Waals surface area (Å²) in [5.41, 5.74) is 3.29. The molecular weight excluding hydrogens is 354 g/mol. The quantitative estimate of drug-likeness (QED) is 0.836. The first kappa shape index (κ1) is 19.9. The lowest BCUT2D eigenvalue weighted by atomic mass is 9.95. The molecule has 3 rings (SSSR count). The Labute approximate surface area is 159 Å². The van der Waals surface area contributed by atoms with Gasteiger partial charge in [-0.25, -0.2) is 4.98 Å². The van der Waals surface area contributed by atoms with Gasteiger partial charge in [0.05, 0.1) is 12.1 Å². The number of piperidine rings is 1. The van der Waals surface area contributed by atoms with Gasteiger partial charge >= 0.3 is 0 Å². The highest BCUT2D eigenvalue weighted by Crippen LogP contribution is 2.24. The van der Waals surface area contributed by atoms with Gasteiger partial charge in [-0.15, -0.1) is 23.7 Å². The molecule has 2 aromatic rings. The minimum atomic E-state index is 0. The molecular formula is C19H26ClN3OS. The van der Waals surface area contributed by atoms with Crippen LogP contribution < -0.4 is 10.6 Å². The maximum atomic E-state index is 12.3. The summed E-state index contributed by atoms with van der Waals surface area (Å²) in [7, 11) is 0. The van der Waals surface area contributed by atoms with E-state index in [-0.39, 0.29) is 24.4 Å². The highest BCUT2D eigenvalue weighted by atomic mass is 35.5. The van der Waals surface area contributed by atoms with Gasteiger partial charge in [0, 0.05) is 23.5 Å². The summed E-state index contributed by atoms with van der Waals surface area (Å²) in [6, 6.07) is 8.72. The zero-order chi connectivity index (χ0) is 16.9. The summed E-state index contributed by atoms with van der Waals surface area (Å²) in [5, 5.41) is 9.46. The summed E-state index contributed by atoms with van der Waals surface area (Å²) in [6.07, 6.45) is 2.50. The van der Waals surface area contributed by atoms with E-state index in [9.17, 15) is 4.79 Å². The number of amides is 1. The van der Waals surface area contributed by atoms with Crippen molar-refractivity contribution in [3.05, 3.63) is 40.9 Å². The number of carbonyl (C=O) groups excluding carboxylic acids is 1. The van der Waals surface area contributed by atoms with E-state index in [2.05, 4.69) is 53.7 Å². The average Bonchev–Trinajstić information content (AvgIpc) is 3.05. The van der Waals surface area contributed by atoms with Crippen LogP contribution in [0.3, 0.4) is 0 Å². The standard InChI is InChI=1S/C19H25N3OS.ClH/c1-3-14-4-6-15(7-5-14)19-21-16(12-24-19)10-18(23)22-17-11-20-9-8-13(17)2;/h4-7,12-13,17,20H,3,8-11H2,1-2H3,(H,22,23);1H. The predicted molar refractivity (Wildman–Crippen MR) is 106 cm³/mol. The second-order valence-corrected chi connectivity index (χ2v) is 7.37. The fraction of sp³-hybridized carbons (Fsp3) is 0.474. The molecule has 4 nitrogen and oxygen atoms in total. The van der Waals surface area contributed by atoms with Crippen molar-refractivity contribution in [2.75, 3.05) is 13.1 Å². The Morgan fingerprint density at radius 3 is 2.80 bits per heavy atom. The third-order valence-electron chi connectivity index (χ3n) is 4.68. The molecule has 0 spiro atoms. The summed E-state index contributed by atoms with van der Waals surface area (Å²) in [5.74, 6) is 0.590. The molecule has 1 amide bonds. The normalized spacial score (nSPS) is 19.9. The SMILES string of the molecule is CCc1ccc(-c2nc(CC(=O)NC3CNCCC3C)cs2)cc1.Cl. The Kier molecular flexibility index (Phi) is 7.41. The van der Waals surface area contributed by atoms with E-state index in [4.69, 9.17) is 0 Å². The number of nitrogens with zero attached hydrogens (tertiary/aromatic N) is 1. The van der Waals surface area contributed by atoms with Gasteiger partial charge in [0.15, 0.2) is 0 Å². The van der Waals surface area contributed by atoms with E-state index in [1.54, 1.807) is 11.3 Å². The van der Waals surface area contributed by atoms with Crippen LogP contribution >= 0.6 is 23.7 Å². The Morgan fingerprint density at radius 2 is 2.12 bits per heavy atom. The van der Waals surface area contributed by atoms with E-state index in [0.717, 1.165) is 42.2 Å². The van der Waals surface area contributed by atoms with Crippen LogP contribution in [0.5, 0.6) is 0 Å². The number of thiazole rings is 1. The van der Waals surface area contributed by atoms with Crippen molar-refractivity contribution in [3.8, 4) is 10.6 Å². The molecule has 0 radical (unpaired) electrons. The lowest BCUT2D eigenvalue weighted by Crippen LogP contribution is -2.50. The van der Waals surface area contributed by atoms with Crippen molar-refractivity contribution in [3.63, 3.8) is 0 Å². The van der Waals surface area contributed by atoms with Crippen LogP contribution in [-0.4, -0.2) is 30.0 Å². The van der Waals surface area contributed by atoms with Gasteiger partial charge in [-0.3, -0.25) is 4.79 Å². The van der Waals surface area contributed by atoms with E-state index < -0.39 is 0 Å². The molecule has 2 heterocycles. The zero-order valence-corrected chi connectivity index (χ0v) is 16.4. The predicted octanol–water partition coefficient (Wildman–Crippen LogP) is 3.45. The van der Waals surface area contributed by atoms with Gasteiger partial charge < -0.3 is 10.6 Å². The molecule has 1 aromatic heterocycles. The molecule has 6 heteroatoms. The van der Waals surface area contributed by atoms with Crippen LogP contribution in [0.2, 0.25) is 0 Å². The first-order valence-corrected chi connectivity index (χ1v) is 9.57. The molecule has 1 aromatic carbocycles. The van der Waals surface area contributed by atoms with Crippen molar-refractivity contribution < 1.29 is 4.79 Å². The summed E-state index contributed by atoms with van der Waals surface area (Å²) in [4.78, 5) is 16.9. The maximum Gasteiger partial charge on any atom is 0.226 e. The summed E-state index contributed by atoms with van der Waals surface area (Å²) < 4.78 is 0. The van der Waals surface area contributed by atoms with Gasteiger partial charge in [0.25, 0.3) is 0 Å². The third kappa shape index (κ3) is 5.27. The lowest BCUT2D eigenvalue weighted by Gasteiger charge is -2.30. The Morgan fingerprint density at radius 1 is 1.36 bits per heavy atom. The number of halogens is 1. The average molecular weight is 380 g/mol. The van der Waals surface area contributed by atoms with Crippen molar-refractivity contribution in [1.29, 1.82) is 0 Å². The number of aryl methyl sites for hydroxylation is 1. The first-order valence-electron chi connectivity index (χ1n) is 8.69. The van der Waals surface area contributed by atoms with Crippen LogP contribution in [0.25, 0.3) is 10.6 Å². The largest absolute Gasteiger partial charge is 0.351 e. The molecule has 25 heavy (non-hydrogen) atoms. The van der Waals surface area contributed by atoms with Crippen molar-refractivity contribution >= 4 is 29.7 Å². The van der Waals surface area contributed by atoms with Crippen LogP contribution in [-0.2, 0) is 17.6 Å². The van der Waals surface area contributed by atoms with Crippen LogP contribution in [0.15, 0.2) is 29.6 Å². The zero-order valence-electron chi connectivity index (χ0n) is 14.7. The molecule has 136 valence electrons. The number of rotatable bonds is 5. The molecule has 0 aliphatic carbocycles. The van der Waals surface area contributed by atoms with Gasteiger partial charge in [0.1, 0.15) is 5.01 Å². The molecule has 1 aliphatic heterocycles. The number of hydrogen-bond donors (Lipinski definition) is 2. The second-order valence-electron chi connectivity index (χ2n) is 6.52. The van der Waals surface area contributed by atoms with Gasteiger partial charge in [-0.1, -0.05) is 38.1 Å². The fourth-order valence-corrected chi connectivity index (χ4v) is 3.83. The topological polar surface area (TPSA) is 54.0 Å². The second kappa shape index (κ2) is 9.32. The number of benzene rings is 1. The third-order valence-corrected chi connectivity index (χ3v) is 5.62. The molecule has 0 saturated carbocycles. The van der Waals surface area contributed by atoms with E-state index >= 15 is 0 Å². The molecule has 1 fully saturated rings. The number of carbonyl (C=O) groups is 1. The summed E-state index contributed by atoms with van der Waals surface area (Å²) in [6.45, 7) is 6.25. The van der Waals surface area contributed by atoms with E-state index in [1.165, 1.54) is 5.56 Å². The van der Waals surface area contributed by atoms with E-state index in [1.807, 2.05) is 5.38 Å². The minimum absolute atomic E-state index is 0. The van der Waals surface area contributed by atoms with Crippen molar-refractivity contribution in [2.24, 2.45) is 5.92 Å². The Balaban J connectivity index is 0.00000225. The van der Waals surface area contributed by atoms with Gasteiger partial charge in [-0.2, -0.15) is 0 Å². The molecule has 2 N–H and O–H groups in total.